The minimum Gasteiger partial charge on any atom is -0.370 e. The van der Waals surface area contributed by atoms with E-state index in [1.807, 2.05) is 0 Å². The van der Waals surface area contributed by atoms with Crippen LogP contribution < -0.4 is 16.4 Å². The smallest absolute Gasteiger partial charge is 0.194 e. The molecule has 27 heavy (non-hydrogen) atoms. The van der Waals surface area contributed by atoms with Gasteiger partial charge < -0.3 is 21.3 Å². The third-order valence-electron chi connectivity index (χ3n) is 6.58. The molecule has 0 radical (unpaired) electrons. The molecule has 2 saturated carbocycles. The summed E-state index contributed by atoms with van der Waals surface area (Å²) >= 11 is 0. The number of nitrogens with one attached hydrogen (secondary N) is 2. The Bertz CT molecular complexity index is 517. The second-order valence-electron chi connectivity index (χ2n) is 8.78. The highest BCUT2D eigenvalue weighted by Crippen LogP contribution is 2.35. The molecule has 1 aliphatic heterocycles. The van der Waals surface area contributed by atoms with Crippen molar-refractivity contribution < 1.29 is 0 Å². The molecular weight excluding hydrogens is 336 g/mol. The molecule has 1 heterocycles. The van der Waals surface area contributed by atoms with E-state index in [4.69, 9.17) is 10.7 Å². The third kappa shape index (κ3) is 6.01. The van der Waals surface area contributed by atoms with Gasteiger partial charge in [0, 0.05) is 32.2 Å². The third-order valence-corrected chi connectivity index (χ3v) is 6.58. The normalized spacial score (nSPS) is 32.3. The summed E-state index contributed by atoms with van der Waals surface area (Å²) in [5.74, 6) is 3.46. The van der Waals surface area contributed by atoms with Crippen LogP contribution in [0.4, 0.5) is 0 Å². The van der Waals surface area contributed by atoms with E-state index in [1.165, 1.54) is 70.2 Å². The first-order chi connectivity index (χ1) is 13.2. The lowest BCUT2D eigenvalue weighted by Gasteiger charge is -2.36. The summed E-state index contributed by atoms with van der Waals surface area (Å²) in [6.07, 6.45) is 13.1. The highest BCUT2D eigenvalue weighted by atomic mass is 15.3. The lowest BCUT2D eigenvalue weighted by molar-refractivity contribution is 0.209. The van der Waals surface area contributed by atoms with Crippen molar-refractivity contribution in [3.63, 3.8) is 0 Å². The zero-order valence-electron chi connectivity index (χ0n) is 17.4. The van der Waals surface area contributed by atoms with Gasteiger partial charge in [-0.3, -0.25) is 9.98 Å². The van der Waals surface area contributed by atoms with E-state index in [2.05, 4.69) is 27.4 Å². The van der Waals surface area contributed by atoms with Gasteiger partial charge >= 0.3 is 0 Å². The largest absolute Gasteiger partial charge is 0.370 e. The topological polar surface area (TPSA) is 78.0 Å². The molecule has 2 aliphatic carbocycles. The number of aliphatic imine (C=N–C) groups is 2. The van der Waals surface area contributed by atoms with Crippen LogP contribution in [0.1, 0.15) is 71.1 Å². The Morgan fingerprint density at radius 3 is 2.56 bits per heavy atom. The number of nitrogens with two attached hydrogens (primary N) is 1. The monoisotopic (exact) mass is 376 g/mol. The molecule has 154 valence electrons. The molecule has 6 nitrogen and oxygen atoms in total. The van der Waals surface area contributed by atoms with Crippen molar-refractivity contribution in [1.82, 2.24) is 15.5 Å². The molecule has 0 aromatic rings. The number of hydrogen-bond acceptors (Lipinski definition) is 4. The molecule has 3 aliphatic rings. The highest BCUT2D eigenvalue weighted by Gasteiger charge is 2.29. The number of hydrogen-bond donors (Lipinski definition) is 3. The summed E-state index contributed by atoms with van der Waals surface area (Å²) < 4.78 is 0. The molecule has 0 aromatic heterocycles. The summed E-state index contributed by atoms with van der Waals surface area (Å²) in [5, 5.41) is 7.20. The Kier molecular flexibility index (Phi) is 7.65. The molecule has 2 fully saturated rings. The van der Waals surface area contributed by atoms with Crippen LogP contribution in [-0.2, 0) is 0 Å². The fraction of sp³-hybridized carbons (Fsp3) is 0.905. The van der Waals surface area contributed by atoms with E-state index in [1.54, 1.807) is 7.05 Å². The van der Waals surface area contributed by atoms with Gasteiger partial charge in [0.1, 0.15) is 0 Å². The second kappa shape index (κ2) is 10.2. The molecule has 4 unspecified atom stereocenters. The first-order valence-electron chi connectivity index (χ1n) is 11.2. The van der Waals surface area contributed by atoms with E-state index in [9.17, 15) is 0 Å². The van der Waals surface area contributed by atoms with Gasteiger partial charge in [0.15, 0.2) is 11.9 Å². The van der Waals surface area contributed by atoms with Crippen LogP contribution in [0.3, 0.4) is 0 Å². The van der Waals surface area contributed by atoms with E-state index < -0.39 is 0 Å². The van der Waals surface area contributed by atoms with Crippen LogP contribution in [0.15, 0.2) is 9.98 Å². The Hall–Kier alpha value is -1.46. The number of guanidine groups is 2. The summed E-state index contributed by atoms with van der Waals surface area (Å²) in [4.78, 5) is 11.2. The molecule has 0 bridgehead atoms. The van der Waals surface area contributed by atoms with Gasteiger partial charge in [-0.2, -0.15) is 0 Å². The minimum absolute atomic E-state index is 0.514. The van der Waals surface area contributed by atoms with Crippen molar-refractivity contribution in [2.75, 3.05) is 26.7 Å². The summed E-state index contributed by atoms with van der Waals surface area (Å²) in [6, 6.07) is 1.13. The first-order valence-corrected chi connectivity index (χ1v) is 11.2. The summed E-state index contributed by atoms with van der Waals surface area (Å²) in [5.41, 5.74) is 5.88. The lowest BCUT2D eigenvalue weighted by atomic mass is 9.75. The van der Waals surface area contributed by atoms with Gasteiger partial charge in [0.2, 0.25) is 0 Å². The Labute approximate surface area is 165 Å². The van der Waals surface area contributed by atoms with Crippen LogP contribution in [0.25, 0.3) is 0 Å². The van der Waals surface area contributed by atoms with Crippen molar-refractivity contribution in [1.29, 1.82) is 0 Å². The fourth-order valence-electron chi connectivity index (χ4n) is 5.31. The molecule has 4 N–H and O–H groups in total. The van der Waals surface area contributed by atoms with Gasteiger partial charge in [-0.1, -0.05) is 32.6 Å². The van der Waals surface area contributed by atoms with Crippen LogP contribution >= 0.6 is 0 Å². The Morgan fingerprint density at radius 2 is 1.85 bits per heavy atom. The molecule has 3 rings (SSSR count). The molecule has 0 aromatic carbocycles. The van der Waals surface area contributed by atoms with E-state index in [-0.39, 0.29) is 0 Å². The molecule has 0 saturated heterocycles. The predicted octanol–water partition coefficient (Wildman–Crippen LogP) is 2.70. The van der Waals surface area contributed by atoms with Crippen LogP contribution in [-0.4, -0.2) is 55.6 Å². The minimum atomic E-state index is 0.514. The quantitative estimate of drug-likeness (QED) is 0.492. The SMILES string of the molecule is CCCN1CCN=C1NC1CCCC(CC2CCCC(NC(N)=NC)C2)C1. The molecule has 0 amide bonds. The molecule has 4 atom stereocenters. The van der Waals surface area contributed by atoms with Crippen LogP contribution in [0, 0.1) is 11.8 Å². The summed E-state index contributed by atoms with van der Waals surface area (Å²) in [7, 11) is 1.76. The molecule has 0 spiro atoms. The van der Waals surface area contributed by atoms with E-state index >= 15 is 0 Å². The maximum absolute atomic E-state index is 5.88. The van der Waals surface area contributed by atoms with E-state index in [0.29, 0.717) is 18.0 Å². The highest BCUT2D eigenvalue weighted by molar-refractivity contribution is 5.81. The van der Waals surface area contributed by atoms with Crippen molar-refractivity contribution in [3.05, 3.63) is 0 Å². The van der Waals surface area contributed by atoms with Crippen molar-refractivity contribution in [3.8, 4) is 0 Å². The van der Waals surface area contributed by atoms with Crippen LogP contribution in [0.5, 0.6) is 0 Å². The standard InChI is InChI=1S/C21H40N6/c1-3-11-27-12-10-24-21(27)26-19-9-5-7-17(15-19)13-16-6-4-8-18(14-16)25-20(22)23-2/h16-19H,3-15H2,1-2H3,(H,24,26)(H3,22,23,25). The number of rotatable bonds is 6. The maximum atomic E-state index is 5.88. The van der Waals surface area contributed by atoms with E-state index in [0.717, 1.165) is 31.5 Å². The van der Waals surface area contributed by atoms with Gasteiger partial charge in [-0.15, -0.1) is 0 Å². The Balaban J connectivity index is 1.45. The van der Waals surface area contributed by atoms with Crippen molar-refractivity contribution in [2.45, 2.75) is 83.2 Å². The zero-order chi connectivity index (χ0) is 19.1. The van der Waals surface area contributed by atoms with Crippen molar-refractivity contribution >= 4 is 11.9 Å². The van der Waals surface area contributed by atoms with Crippen molar-refractivity contribution in [2.24, 2.45) is 27.6 Å². The summed E-state index contributed by atoms with van der Waals surface area (Å²) in [6.45, 7) is 5.42. The maximum Gasteiger partial charge on any atom is 0.194 e. The molecule has 6 heteroatoms. The van der Waals surface area contributed by atoms with Gasteiger partial charge in [0.05, 0.1) is 6.54 Å². The first kappa shape index (κ1) is 20.3. The van der Waals surface area contributed by atoms with Gasteiger partial charge in [-0.05, 0) is 50.4 Å². The van der Waals surface area contributed by atoms with Gasteiger partial charge in [-0.25, -0.2) is 0 Å². The lowest BCUT2D eigenvalue weighted by Crippen LogP contribution is -2.46. The average Bonchev–Trinajstić information content (AvgIpc) is 3.09. The Morgan fingerprint density at radius 1 is 1.15 bits per heavy atom. The zero-order valence-corrected chi connectivity index (χ0v) is 17.4. The number of nitrogens with zero attached hydrogens (tertiary/aromatic N) is 3. The average molecular weight is 377 g/mol. The predicted molar refractivity (Wildman–Crippen MR) is 114 cm³/mol. The fourth-order valence-corrected chi connectivity index (χ4v) is 5.31. The van der Waals surface area contributed by atoms with Gasteiger partial charge in [0.25, 0.3) is 0 Å². The molecular formula is C21H40N6. The van der Waals surface area contributed by atoms with Crippen LogP contribution in [0.2, 0.25) is 0 Å². The second-order valence-corrected chi connectivity index (χ2v) is 8.78.